The summed E-state index contributed by atoms with van der Waals surface area (Å²) in [7, 11) is 0. The van der Waals surface area contributed by atoms with Crippen LogP contribution in [0.4, 0.5) is 0 Å². The smallest absolute Gasteiger partial charge is 0.311 e. The van der Waals surface area contributed by atoms with Crippen molar-refractivity contribution in [3.05, 3.63) is 0 Å². The molecule has 1 rings (SSSR count). The molecule has 0 saturated carbocycles. The zero-order valence-corrected chi connectivity index (χ0v) is 49.6. The Balaban J connectivity index is 1.82. The van der Waals surface area contributed by atoms with Crippen LogP contribution in [-0.2, 0) is 14.3 Å². The molecule has 0 aromatic heterocycles. The number of carbonyl (C=O) groups excluding carboxylic acids is 1. The van der Waals surface area contributed by atoms with Crippen molar-refractivity contribution in [2.45, 2.75) is 404 Å². The van der Waals surface area contributed by atoms with Crippen molar-refractivity contribution in [2.24, 2.45) is 5.92 Å². The average Bonchev–Trinajstić information content (AvgIpc) is 3.40. The maximum absolute atomic E-state index is 13.1. The summed E-state index contributed by atoms with van der Waals surface area (Å²) >= 11 is 0. The molecule has 1 heterocycles. The second-order valence-corrected chi connectivity index (χ2v) is 23.9. The zero-order valence-electron chi connectivity index (χ0n) is 49.6. The monoisotopic (exact) mass is 1050 g/mol. The second-order valence-electron chi connectivity index (χ2n) is 23.9. The highest BCUT2D eigenvalue weighted by Crippen LogP contribution is 2.25. The molecule has 1 fully saturated rings. The zero-order chi connectivity index (χ0) is 53.6. The molecule has 8 heteroatoms. The van der Waals surface area contributed by atoms with E-state index in [0.29, 0.717) is 12.8 Å². The van der Waals surface area contributed by atoms with Crippen LogP contribution in [-0.4, -0.2) is 74.9 Å². The highest BCUT2D eigenvalue weighted by atomic mass is 16.6. The number of carbonyl (C=O) groups is 1. The lowest BCUT2D eigenvalue weighted by Gasteiger charge is -2.38. The highest BCUT2D eigenvalue weighted by Gasteiger charge is 2.44. The Labute approximate surface area is 460 Å². The molecule has 8 nitrogen and oxygen atoms in total. The maximum Gasteiger partial charge on any atom is 0.311 e. The number of hydrogen-bond donors (Lipinski definition) is 5. The van der Waals surface area contributed by atoms with E-state index in [-0.39, 0.29) is 6.61 Å². The van der Waals surface area contributed by atoms with Gasteiger partial charge in [-0.25, -0.2) is 0 Å². The minimum Gasteiger partial charge on any atom is -0.463 e. The lowest BCUT2D eigenvalue weighted by molar-refractivity contribution is -0.287. The van der Waals surface area contributed by atoms with Gasteiger partial charge in [-0.1, -0.05) is 354 Å². The van der Waals surface area contributed by atoms with Crippen molar-refractivity contribution in [3.63, 3.8) is 0 Å². The molecule has 0 bridgehead atoms. The van der Waals surface area contributed by atoms with E-state index in [4.69, 9.17) is 9.47 Å². The van der Waals surface area contributed by atoms with Crippen molar-refractivity contribution in [1.82, 2.24) is 0 Å². The van der Waals surface area contributed by atoms with Crippen molar-refractivity contribution in [2.75, 3.05) is 6.61 Å². The first kappa shape index (κ1) is 71.2. The summed E-state index contributed by atoms with van der Waals surface area (Å²) in [6.07, 6.45) is 65.4. The number of hydrogen-bond acceptors (Lipinski definition) is 8. The summed E-state index contributed by atoms with van der Waals surface area (Å²) in [5, 5.41) is 50.9. The van der Waals surface area contributed by atoms with Crippen LogP contribution in [0.1, 0.15) is 367 Å². The standard InChI is InChI=1S/C66H130O8/c1-3-5-7-9-11-12-13-14-15-16-17-18-19-20-21-22-23-24-25-26-27-28-29-30-31-32-33-34-35-36-37-38-39-40-41-42-43-44-45-46-47-48-49-50-51-53-55-57-60(67)59(56-54-52-10-8-6-4-2)65(71)73-58-61-62(68)63(69)64(70)66(72)74-61/h59-64,66-70,72H,3-58H2,1-2H3/t59-,60-,61+,62-,63+,64-,66-/m1/s1. The molecule has 0 amide bonds. The van der Waals surface area contributed by atoms with Crippen LogP contribution in [0.5, 0.6) is 0 Å². The molecule has 74 heavy (non-hydrogen) atoms. The molecule has 442 valence electrons. The topological polar surface area (TPSA) is 137 Å². The fraction of sp³-hybridized carbons (Fsp3) is 0.985. The number of ether oxygens (including phenoxy) is 2. The molecule has 1 saturated heterocycles. The van der Waals surface area contributed by atoms with E-state index in [0.717, 1.165) is 38.5 Å². The van der Waals surface area contributed by atoms with Crippen molar-refractivity contribution in [1.29, 1.82) is 0 Å². The lowest BCUT2D eigenvalue weighted by Crippen LogP contribution is -2.58. The summed E-state index contributed by atoms with van der Waals surface area (Å²) in [5.41, 5.74) is 0. The number of aliphatic hydroxyl groups is 5. The van der Waals surface area contributed by atoms with Crippen LogP contribution in [0, 0.1) is 5.92 Å². The van der Waals surface area contributed by atoms with Crippen LogP contribution in [0.15, 0.2) is 0 Å². The first-order valence-corrected chi connectivity index (χ1v) is 33.6. The summed E-state index contributed by atoms with van der Waals surface area (Å²) < 4.78 is 10.6. The maximum atomic E-state index is 13.1. The second kappa shape index (κ2) is 55.5. The average molecular weight is 1050 g/mol. The van der Waals surface area contributed by atoms with Gasteiger partial charge in [0.1, 0.15) is 31.0 Å². The number of unbranched alkanes of at least 4 members (excludes halogenated alkanes) is 51. The molecule has 0 aliphatic carbocycles. The molecule has 7 atom stereocenters. The molecule has 5 N–H and O–H groups in total. The van der Waals surface area contributed by atoms with Crippen molar-refractivity contribution < 1.29 is 39.8 Å². The Bertz CT molecular complexity index is 1120. The van der Waals surface area contributed by atoms with Gasteiger partial charge in [0.15, 0.2) is 6.29 Å². The third-order valence-electron chi connectivity index (χ3n) is 16.8. The number of aliphatic hydroxyl groups excluding tert-OH is 5. The molecule has 0 radical (unpaired) electrons. The number of esters is 1. The molecule has 1 aliphatic rings. The summed E-state index contributed by atoms with van der Waals surface area (Å²) in [6, 6.07) is 0. The summed E-state index contributed by atoms with van der Waals surface area (Å²) in [4.78, 5) is 13.1. The van der Waals surface area contributed by atoms with Gasteiger partial charge < -0.3 is 35.0 Å². The van der Waals surface area contributed by atoms with Gasteiger partial charge in [-0.05, 0) is 12.8 Å². The normalized spacial score (nSPS) is 18.8. The van der Waals surface area contributed by atoms with Gasteiger partial charge in [0.05, 0.1) is 12.0 Å². The van der Waals surface area contributed by atoms with Gasteiger partial charge in [-0.2, -0.15) is 0 Å². The van der Waals surface area contributed by atoms with E-state index in [1.807, 2.05) is 0 Å². The van der Waals surface area contributed by atoms with E-state index in [1.165, 1.54) is 302 Å². The molecular weight excluding hydrogens is 921 g/mol. The minimum atomic E-state index is -1.68. The van der Waals surface area contributed by atoms with Crippen LogP contribution in [0.3, 0.4) is 0 Å². The van der Waals surface area contributed by atoms with Crippen LogP contribution in [0.2, 0.25) is 0 Å². The third kappa shape index (κ3) is 44.1. The molecule has 1 aliphatic heterocycles. The Hall–Kier alpha value is -0.770. The SMILES string of the molecule is CCCCCCCCCCCCCCCCCCCCCCCCCCCCCCCCCCCCCCCCCCCCCCCCC[C@@H](O)[C@@H](CCCCCCCC)C(=O)OC[C@@H]1O[C@@H](O)[C@H](O)[C@@H](O)[C@@H]1O. The van der Waals surface area contributed by atoms with E-state index < -0.39 is 48.7 Å². The Morgan fingerprint density at radius 3 is 0.824 bits per heavy atom. The largest absolute Gasteiger partial charge is 0.463 e. The highest BCUT2D eigenvalue weighted by molar-refractivity contribution is 5.73. The van der Waals surface area contributed by atoms with E-state index >= 15 is 0 Å². The van der Waals surface area contributed by atoms with Crippen LogP contribution < -0.4 is 0 Å². The molecule has 0 aromatic rings. The molecule has 0 aromatic carbocycles. The minimum absolute atomic E-state index is 0.375. The first-order valence-electron chi connectivity index (χ1n) is 33.6. The molecule has 0 unspecified atom stereocenters. The first-order chi connectivity index (χ1) is 36.3. The Morgan fingerprint density at radius 2 is 0.568 bits per heavy atom. The van der Waals surface area contributed by atoms with Crippen LogP contribution in [0.25, 0.3) is 0 Å². The van der Waals surface area contributed by atoms with Gasteiger partial charge >= 0.3 is 5.97 Å². The van der Waals surface area contributed by atoms with E-state index in [1.54, 1.807) is 0 Å². The van der Waals surface area contributed by atoms with E-state index in [2.05, 4.69) is 13.8 Å². The predicted molar refractivity (Wildman–Crippen MR) is 315 cm³/mol. The molecular formula is C66H130O8. The Morgan fingerprint density at radius 1 is 0.338 bits per heavy atom. The van der Waals surface area contributed by atoms with Crippen molar-refractivity contribution in [3.8, 4) is 0 Å². The van der Waals surface area contributed by atoms with Gasteiger partial charge in [-0.3, -0.25) is 4.79 Å². The summed E-state index contributed by atoms with van der Waals surface area (Å²) in [5.74, 6) is -1.21. The van der Waals surface area contributed by atoms with Gasteiger partial charge in [0, 0.05) is 0 Å². The van der Waals surface area contributed by atoms with Gasteiger partial charge in [-0.15, -0.1) is 0 Å². The fourth-order valence-electron chi connectivity index (χ4n) is 11.5. The van der Waals surface area contributed by atoms with Gasteiger partial charge in [0.2, 0.25) is 0 Å². The quantitative estimate of drug-likeness (QED) is 0.0300. The van der Waals surface area contributed by atoms with Crippen molar-refractivity contribution >= 4 is 5.97 Å². The van der Waals surface area contributed by atoms with Crippen LogP contribution >= 0.6 is 0 Å². The Kier molecular flexibility index (Phi) is 53.5. The molecule has 0 spiro atoms. The number of rotatable bonds is 59. The lowest BCUT2D eigenvalue weighted by atomic mass is 9.91. The summed E-state index contributed by atoms with van der Waals surface area (Å²) in [6.45, 7) is 4.11. The predicted octanol–water partition coefficient (Wildman–Crippen LogP) is 18.8. The van der Waals surface area contributed by atoms with E-state index in [9.17, 15) is 30.3 Å². The fourth-order valence-corrected chi connectivity index (χ4v) is 11.5. The van der Waals surface area contributed by atoms with Gasteiger partial charge in [0.25, 0.3) is 0 Å². The third-order valence-corrected chi connectivity index (χ3v) is 16.8.